The third-order valence-corrected chi connectivity index (χ3v) is 4.51. The molecule has 0 spiro atoms. The predicted molar refractivity (Wildman–Crippen MR) is 106 cm³/mol. The molecule has 1 heterocycles. The molecule has 0 bridgehead atoms. The maximum absolute atomic E-state index is 12.3. The number of hydrogen-bond acceptors (Lipinski definition) is 4. The SMILES string of the molecule is CCOC(=O)C1=C(C)NC(=O)NC1c1ccc(OCc2cccc(Cl)c2)cc1. The van der Waals surface area contributed by atoms with Crippen molar-refractivity contribution in [1.82, 2.24) is 10.6 Å². The standard InChI is InChI=1S/C21H21ClN2O4/c1-3-27-20(25)18-13(2)23-21(26)24-19(18)15-7-9-17(10-8-15)28-12-14-5-4-6-16(22)11-14/h4-11,19H,3,12H2,1-2H3,(H2,23,24,26). The van der Waals surface area contributed by atoms with Crippen LogP contribution in [0.25, 0.3) is 0 Å². The molecule has 146 valence electrons. The number of carbonyl (C=O) groups excluding carboxylic acids is 2. The summed E-state index contributed by atoms with van der Waals surface area (Å²) in [6, 6.07) is 13.7. The number of carbonyl (C=O) groups is 2. The van der Waals surface area contributed by atoms with Crippen LogP contribution in [-0.4, -0.2) is 18.6 Å². The highest BCUT2D eigenvalue weighted by Gasteiger charge is 2.32. The van der Waals surface area contributed by atoms with Gasteiger partial charge in [-0.2, -0.15) is 0 Å². The maximum atomic E-state index is 12.3. The Bertz CT molecular complexity index is 909. The third-order valence-electron chi connectivity index (χ3n) is 4.27. The van der Waals surface area contributed by atoms with Crippen LogP contribution in [0.4, 0.5) is 4.79 Å². The number of benzene rings is 2. The quantitative estimate of drug-likeness (QED) is 0.715. The Morgan fingerprint density at radius 2 is 1.93 bits per heavy atom. The molecule has 2 aromatic rings. The van der Waals surface area contributed by atoms with Crippen LogP contribution >= 0.6 is 11.6 Å². The van der Waals surface area contributed by atoms with Crippen molar-refractivity contribution in [1.29, 1.82) is 0 Å². The van der Waals surface area contributed by atoms with Crippen molar-refractivity contribution in [2.45, 2.75) is 26.5 Å². The zero-order valence-electron chi connectivity index (χ0n) is 15.6. The molecule has 1 aliphatic heterocycles. The predicted octanol–water partition coefficient (Wildman–Crippen LogP) is 4.11. The fraction of sp³-hybridized carbons (Fsp3) is 0.238. The van der Waals surface area contributed by atoms with Crippen LogP contribution in [0.2, 0.25) is 5.02 Å². The molecule has 6 nitrogen and oxygen atoms in total. The normalized spacial score (nSPS) is 16.2. The van der Waals surface area contributed by atoms with Gasteiger partial charge in [0.2, 0.25) is 0 Å². The maximum Gasteiger partial charge on any atom is 0.338 e. The van der Waals surface area contributed by atoms with Gasteiger partial charge in [-0.3, -0.25) is 0 Å². The molecule has 2 N–H and O–H groups in total. The molecular formula is C21H21ClN2O4. The number of ether oxygens (including phenoxy) is 2. The average Bonchev–Trinajstić information content (AvgIpc) is 2.66. The molecule has 2 amide bonds. The van der Waals surface area contributed by atoms with Crippen LogP contribution in [0.1, 0.15) is 31.0 Å². The van der Waals surface area contributed by atoms with Crippen LogP contribution in [0.15, 0.2) is 59.8 Å². The van der Waals surface area contributed by atoms with Crippen LogP contribution in [0, 0.1) is 0 Å². The smallest absolute Gasteiger partial charge is 0.338 e. The average molecular weight is 401 g/mol. The number of hydrogen-bond donors (Lipinski definition) is 2. The number of halogens is 1. The van der Waals surface area contributed by atoms with Crippen molar-refractivity contribution in [2.24, 2.45) is 0 Å². The first-order valence-corrected chi connectivity index (χ1v) is 9.28. The largest absolute Gasteiger partial charge is 0.489 e. The van der Waals surface area contributed by atoms with Crippen molar-refractivity contribution >= 4 is 23.6 Å². The van der Waals surface area contributed by atoms with Gasteiger partial charge in [-0.25, -0.2) is 9.59 Å². The van der Waals surface area contributed by atoms with Gasteiger partial charge in [0, 0.05) is 10.7 Å². The zero-order chi connectivity index (χ0) is 20.1. The summed E-state index contributed by atoms with van der Waals surface area (Å²) in [7, 11) is 0. The molecule has 7 heteroatoms. The Morgan fingerprint density at radius 1 is 1.18 bits per heavy atom. The number of esters is 1. The van der Waals surface area contributed by atoms with E-state index in [0.717, 1.165) is 11.1 Å². The lowest BCUT2D eigenvalue weighted by molar-refractivity contribution is -0.139. The van der Waals surface area contributed by atoms with Gasteiger partial charge in [-0.05, 0) is 49.2 Å². The van der Waals surface area contributed by atoms with Crippen molar-refractivity contribution in [3.8, 4) is 5.75 Å². The van der Waals surface area contributed by atoms with Crippen LogP contribution < -0.4 is 15.4 Å². The summed E-state index contributed by atoms with van der Waals surface area (Å²) in [5.74, 6) is 0.209. The molecule has 0 aliphatic carbocycles. The molecule has 0 fully saturated rings. The molecule has 1 aliphatic rings. The Balaban J connectivity index is 1.76. The fourth-order valence-electron chi connectivity index (χ4n) is 2.97. The number of amides is 2. The van der Waals surface area contributed by atoms with Gasteiger partial charge in [0.15, 0.2) is 0 Å². The first-order chi connectivity index (χ1) is 13.5. The number of urea groups is 1. The second-order valence-electron chi connectivity index (χ2n) is 6.28. The molecule has 1 atom stereocenters. The van der Waals surface area contributed by atoms with Crippen LogP contribution in [0.3, 0.4) is 0 Å². The van der Waals surface area contributed by atoms with Gasteiger partial charge >= 0.3 is 12.0 Å². The molecule has 2 aromatic carbocycles. The summed E-state index contributed by atoms with van der Waals surface area (Å²) >= 11 is 5.98. The molecule has 0 saturated heterocycles. The van der Waals surface area contributed by atoms with E-state index >= 15 is 0 Å². The molecule has 1 unspecified atom stereocenters. The first-order valence-electron chi connectivity index (χ1n) is 8.90. The molecular weight excluding hydrogens is 380 g/mol. The summed E-state index contributed by atoms with van der Waals surface area (Å²) in [6.45, 7) is 4.06. The summed E-state index contributed by atoms with van der Waals surface area (Å²) in [4.78, 5) is 24.2. The Kier molecular flexibility index (Phi) is 6.21. The summed E-state index contributed by atoms with van der Waals surface area (Å²) in [5, 5.41) is 6.05. The summed E-state index contributed by atoms with van der Waals surface area (Å²) in [6.07, 6.45) is 0. The van der Waals surface area contributed by atoms with E-state index in [1.54, 1.807) is 26.0 Å². The van der Waals surface area contributed by atoms with E-state index in [9.17, 15) is 9.59 Å². The summed E-state index contributed by atoms with van der Waals surface area (Å²) < 4.78 is 10.9. The van der Waals surface area contributed by atoms with E-state index in [1.165, 1.54) is 0 Å². The van der Waals surface area contributed by atoms with Gasteiger partial charge in [0.05, 0.1) is 18.2 Å². The topological polar surface area (TPSA) is 76.7 Å². The molecule has 0 radical (unpaired) electrons. The van der Waals surface area contributed by atoms with Crippen molar-refractivity contribution in [3.05, 3.63) is 76.0 Å². The number of rotatable bonds is 6. The molecule has 28 heavy (non-hydrogen) atoms. The lowest BCUT2D eigenvalue weighted by Crippen LogP contribution is -2.45. The zero-order valence-corrected chi connectivity index (χ0v) is 16.4. The number of nitrogens with one attached hydrogen (secondary N) is 2. The monoisotopic (exact) mass is 400 g/mol. The van der Waals surface area contributed by atoms with Crippen molar-refractivity contribution in [2.75, 3.05) is 6.61 Å². The van der Waals surface area contributed by atoms with E-state index in [2.05, 4.69) is 10.6 Å². The highest BCUT2D eigenvalue weighted by molar-refractivity contribution is 6.30. The van der Waals surface area contributed by atoms with Crippen molar-refractivity contribution < 1.29 is 19.1 Å². The Labute approximate surface area is 168 Å². The minimum atomic E-state index is -0.588. The molecule has 3 rings (SSSR count). The Hall–Kier alpha value is -2.99. The highest BCUT2D eigenvalue weighted by atomic mass is 35.5. The van der Waals surface area contributed by atoms with E-state index < -0.39 is 12.0 Å². The van der Waals surface area contributed by atoms with Gasteiger partial charge in [-0.1, -0.05) is 35.9 Å². The van der Waals surface area contributed by atoms with Gasteiger partial charge in [0.25, 0.3) is 0 Å². The second-order valence-corrected chi connectivity index (χ2v) is 6.71. The van der Waals surface area contributed by atoms with E-state index in [4.69, 9.17) is 21.1 Å². The van der Waals surface area contributed by atoms with Gasteiger partial charge in [-0.15, -0.1) is 0 Å². The fourth-order valence-corrected chi connectivity index (χ4v) is 3.19. The van der Waals surface area contributed by atoms with E-state index in [1.807, 2.05) is 36.4 Å². The molecule has 0 saturated carbocycles. The van der Waals surface area contributed by atoms with Crippen molar-refractivity contribution in [3.63, 3.8) is 0 Å². The molecule has 0 aromatic heterocycles. The van der Waals surface area contributed by atoms with Crippen LogP contribution in [0.5, 0.6) is 5.75 Å². The second kappa shape index (κ2) is 8.80. The number of allylic oxidation sites excluding steroid dienone is 1. The minimum Gasteiger partial charge on any atom is -0.489 e. The highest BCUT2D eigenvalue weighted by Crippen LogP contribution is 2.29. The summed E-state index contributed by atoms with van der Waals surface area (Å²) in [5.41, 5.74) is 2.58. The van der Waals surface area contributed by atoms with Gasteiger partial charge in [0.1, 0.15) is 12.4 Å². The third kappa shape index (κ3) is 4.64. The van der Waals surface area contributed by atoms with Gasteiger partial charge < -0.3 is 20.1 Å². The Morgan fingerprint density at radius 3 is 2.61 bits per heavy atom. The lowest BCUT2D eigenvalue weighted by atomic mass is 9.95. The minimum absolute atomic E-state index is 0.257. The van der Waals surface area contributed by atoms with E-state index in [0.29, 0.717) is 28.6 Å². The van der Waals surface area contributed by atoms with E-state index in [-0.39, 0.29) is 12.6 Å². The van der Waals surface area contributed by atoms with Crippen LogP contribution in [-0.2, 0) is 16.1 Å². The lowest BCUT2D eigenvalue weighted by Gasteiger charge is -2.28. The first kappa shape index (κ1) is 19.8.